The van der Waals surface area contributed by atoms with E-state index in [9.17, 15) is 5.11 Å². The van der Waals surface area contributed by atoms with Crippen molar-refractivity contribution < 1.29 is 5.11 Å². The van der Waals surface area contributed by atoms with Gasteiger partial charge < -0.3 is 5.11 Å². The molecule has 0 saturated carbocycles. The molecule has 104 valence electrons. The van der Waals surface area contributed by atoms with Gasteiger partial charge in [0.05, 0.1) is 0 Å². The fraction of sp³-hybridized carbons (Fsp3) is 0.333. The van der Waals surface area contributed by atoms with E-state index in [0.717, 1.165) is 34.3 Å². The van der Waals surface area contributed by atoms with Gasteiger partial charge in [0, 0.05) is 4.88 Å². The second kappa shape index (κ2) is 5.34. The van der Waals surface area contributed by atoms with E-state index in [1.807, 2.05) is 35.7 Å². The molecule has 0 saturated heterocycles. The quantitative estimate of drug-likeness (QED) is 0.755. The number of unbranched alkanes of at least 4 members (excludes halogenated alkanes) is 1. The highest BCUT2D eigenvalue weighted by molar-refractivity contribution is 7.10. The Bertz CT molecular complexity index is 692. The molecule has 0 spiro atoms. The number of hydrogen-bond acceptors (Lipinski definition) is 4. The van der Waals surface area contributed by atoms with Gasteiger partial charge in [-0.25, -0.2) is 0 Å². The molecule has 2 aromatic heterocycles. The molecule has 2 N–H and O–H groups in total. The molecule has 4 nitrogen and oxygen atoms in total. The smallest absolute Gasteiger partial charge is 0.124 e. The number of rotatable bonds is 5. The number of aromatic nitrogens is 3. The van der Waals surface area contributed by atoms with Crippen LogP contribution in [0.3, 0.4) is 0 Å². The Morgan fingerprint density at radius 1 is 1.25 bits per heavy atom. The van der Waals surface area contributed by atoms with E-state index in [2.05, 4.69) is 22.3 Å². The highest BCUT2D eigenvalue weighted by Crippen LogP contribution is 2.37. The third-order valence-electron chi connectivity index (χ3n) is 3.61. The monoisotopic (exact) mass is 287 g/mol. The molecule has 20 heavy (non-hydrogen) atoms. The molecule has 1 unspecified atom stereocenters. The van der Waals surface area contributed by atoms with Gasteiger partial charge in [-0.1, -0.05) is 31.9 Å². The van der Waals surface area contributed by atoms with Crippen molar-refractivity contribution in [2.75, 3.05) is 0 Å². The van der Waals surface area contributed by atoms with Crippen LogP contribution in [0.5, 0.6) is 0 Å². The average Bonchev–Trinajstić information content (AvgIpc) is 3.14. The predicted octanol–water partition coefficient (Wildman–Crippen LogP) is 3.45. The number of hydrogen-bond donors (Lipinski definition) is 2. The lowest BCUT2D eigenvalue weighted by Gasteiger charge is -2.27. The van der Waals surface area contributed by atoms with E-state index in [-0.39, 0.29) is 0 Å². The van der Waals surface area contributed by atoms with Crippen LogP contribution in [0, 0.1) is 0 Å². The normalized spacial score (nSPS) is 14.5. The van der Waals surface area contributed by atoms with Gasteiger partial charge in [-0.05, 0) is 35.6 Å². The van der Waals surface area contributed by atoms with Crippen molar-refractivity contribution >= 4 is 22.4 Å². The van der Waals surface area contributed by atoms with Crippen LogP contribution in [0.25, 0.3) is 11.0 Å². The number of thiophene rings is 1. The Hall–Kier alpha value is -1.72. The predicted molar refractivity (Wildman–Crippen MR) is 80.7 cm³/mol. The van der Waals surface area contributed by atoms with Gasteiger partial charge >= 0.3 is 0 Å². The highest BCUT2D eigenvalue weighted by Gasteiger charge is 2.32. The summed E-state index contributed by atoms with van der Waals surface area (Å²) >= 11 is 1.59. The molecule has 1 aromatic carbocycles. The van der Waals surface area contributed by atoms with Crippen molar-refractivity contribution in [2.24, 2.45) is 0 Å². The third kappa shape index (κ3) is 2.23. The summed E-state index contributed by atoms with van der Waals surface area (Å²) in [5.74, 6) is 0. The summed E-state index contributed by atoms with van der Waals surface area (Å²) in [5.41, 5.74) is 1.55. The molecule has 1 atom stereocenters. The number of benzene rings is 1. The average molecular weight is 287 g/mol. The van der Waals surface area contributed by atoms with Gasteiger partial charge in [0.2, 0.25) is 0 Å². The second-order valence-corrected chi connectivity index (χ2v) is 5.92. The molecule has 0 aliphatic carbocycles. The van der Waals surface area contributed by atoms with Crippen LogP contribution in [0.15, 0.2) is 35.7 Å². The summed E-state index contributed by atoms with van der Waals surface area (Å²) in [6.45, 7) is 2.13. The van der Waals surface area contributed by atoms with Crippen LogP contribution in [0.1, 0.15) is 36.6 Å². The molecule has 0 fully saturated rings. The Labute approximate surface area is 121 Å². The first kappa shape index (κ1) is 13.3. The summed E-state index contributed by atoms with van der Waals surface area (Å²) in [6.07, 6.45) is 2.75. The van der Waals surface area contributed by atoms with Crippen LogP contribution >= 0.6 is 11.3 Å². The fourth-order valence-electron chi connectivity index (χ4n) is 2.45. The maximum Gasteiger partial charge on any atom is 0.124 e. The molecule has 2 heterocycles. The van der Waals surface area contributed by atoms with Gasteiger partial charge in [0.15, 0.2) is 0 Å². The molecule has 0 aliphatic rings. The van der Waals surface area contributed by atoms with Crippen LogP contribution in [0.2, 0.25) is 0 Å². The number of nitrogens with one attached hydrogen (secondary N) is 1. The minimum absolute atomic E-state index is 0.716. The molecular weight excluding hydrogens is 270 g/mol. The zero-order valence-corrected chi connectivity index (χ0v) is 12.2. The van der Waals surface area contributed by atoms with Gasteiger partial charge in [-0.2, -0.15) is 15.4 Å². The molecular formula is C15H17N3OS. The molecule has 0 aliphatic heterocycles. The van der Waals surface area contributed by atoms with Crippen LogP contribution in [-0.2, 0) is 5.60 Å². The lowest BCUT2D eigenvalue weighted by molar-refractivity contribution is 0.0724. The van der Waals surface area contributed by atoms with Gasteiger partial charge in [0.1, 0.15) is 16.6 Å². The minimum atomic E-state index is -0.933. The molecule has 5 heteroatoms. The SMILES string of the molecule is CCCCC(O)(c1ccc2n[nH]nc2c1)c1cccs1. The minimum Gasteiger partial charge on any atom is -0.380 e. The molecule has 3 rings (SSSR count). The first-order valence-electron chi connectivity index (χ1n) is 6.81. The van der Waals surface area contributed by atoms with E-state index >= 15 is 0 Å². The number of aromatic amines is 1. The second-order valence-electron chi connectivity index (χ2n) is 4.97. The summed E-state index contributed by atoms with van der Waals surface area (Å²) < 4.78 is 0. The van der Waals surface area contributed by atoms with Crippen LogP contribution < -0.4 is 0 Å². The first-order chi connectivity index (χ1) is 9.74. The van der Waals surface area contributed by atoms with E-state index < -0.39 is 5.60 Å². The maximum absolute atomic E-state index is 11.2. The van der Waals surface area contributed by atoms with E-state index in [4.69, 9.17) is 0 Å². The van der Waals surface area contributed by atoms with Crippen LogP contribution in [-0.4, -0.2) is 20.5 Å². The van der Waals surface area contributed by atoms with Gasteiger partial charge in [0.25, 0.3) is 0 Å². The number of fused-ring (bicyclic) bond motifs is 1. The van der Waals surface area contributed by atoms with Crippen LogP contribution in [0.4, 0.5) is 0 Å². The maximum atomic E-state index is 11.2. The Morgan fingerprint density at radius 2 is 2.10 bits per heavy atom. The zero-order chi connectivity index (χ0) is 14.0. The Morgan fingerprint density at radius 3 is 2.85 bits per heavy atom. The Balaban J connectivity index is 2.08. The highest BCUT2D eigenvalue weighted by atomic mass is 32.1. The largest absolute Gasteiger partial charge is 0.380 e. The fourth-order valence-corrected chi connectivity index (χ4v) is 3.33. The summed E-state index contributed by atoms with van der Waals surface area (Å²) in [7, 11) is 0. The molecule has 0 amide bonds. The van der Waals surface area contributed by atoms with Crippen molar-refractivity contribution in [3.63, 3.8) is 0 Å². The van der Waals surface area contributed by atoms with Crippen molar-refractivity contribution in [3.05, 3.63) is 46.2 Å². The molecule has 3 aromatic rings. The topological polar surface area (TPSA) is 61.8 Å². The van der Waals surface area contributed by atoms with Crippen molar-refractivity contribution in [1.29, 1.82) is 0 Å². The van der Waals surface area contributed by atoms with Crippen molar-refractivity contribution in [3.8, 4) is 0 Å². The van der Waals surface area contributed by atoms with Crippen molar-refractivity contribution in [1.82, 2.24) is 15.4 Å². The lowest BCUT2D eigenvalue weighted by Crippen LogP contribution is -2.26. The number of aliphatic hydroxyl groups is 1. The third-order valence-corrected chi connectivity index (χ3v) is 4.64. The van der Waals surface area contributed by atoms with E-state index in [1.54, 1.807) is 11.3 Å². The van der Waals surface area contributed by atoms with E-state index in [1.165, 1.54) is 0 Å². The molecule has 0 bridgehead atoms. The zero-order valence-electron chi connectivity index (χ0n) is 11.3. The van der Waals surface area contributed by atoms with Gasteiger partial charge in [-0.3, -0.25) is 0 Å². The lowest BCUT2D eigenvalue weighted by atomic mass is 9.87. The standard InChI is InChI=1S/C15H17N3OS/c1-2-3-8-15(19,14-5-4-9-20-14)11-6-7-12-13(10-11)17-18-16-12/h4-7,9-10,19H,2-3,8H2,1H3,(H,16,17,18). The Kier molecular flexibility index (Phi) is 3.54. The summed E-state index contributed by atoms with van der Waals surface area (Å²) in [4.78, 5) is 0.980. The molecule has 0 radical (unpaired) electrons. The summed E-state index contributed by atoms with van der Waals surface area (Å²) in [5, 5.41) is 24.0. The number of H-pyrrole nitrogens is 1. The van der Waals surface area contributed by atoms with E-state index in [0.29, 0.717) is 6.42 Å². The van der Waals surface area contributed by atoms with Gasteiger partial charge in [-0.15, -0.1) is 11.3 Å². The van der Waals surface area contributed by atoms with Crippen molar-refractivity contribution in [2.45, 2.75) is 31.8 Å². The summed E-state index contributed by atoms with van der Waals surface area (Å²) in [6, 6.07) is 9.74. The number of nitrogens with zero attached hydrogens (tertiary/aromatic N) is 2. The first-order valence-corrected chi connectivity index (χ1v) is 7.69.